The monoisotopic (exact) mass is 411 g/mol. The lowest BCUT2D eigenvalue weighted by molar-refractivity contribution is -0.0316. The number of nitrogens with two attached hydrogens (primary N) is 1. The zero-order chi connectivity index (χ0) is 19.3. The molecule has 148 valence electrons. The first-order chi connectivity index (χ1) is 12.0. The minimum absolute atomic E-state index is 0.0669. The van der Waals surface area contributed by atoms with Crippen molar-refractivity contribution in [2.45, 2.75) is 55.5 Å². The van der Waals surface area contributed by atoms with Crippen LogP contribution < -0.4 is 10.5 Å². The molecule has 26 heavy (non-hydrogen) atoms. The standard InChI is InChI=1S/C12H21N5O7S2/c13-7-1-3-9(5-7)25(19,20)15-11(14)10-4-2-8-6-16(10)12(18)17(8)24-26(21,22)23/h7-10H,1-6,13H2,(H2,14,15)(H,21,22,23). The van der Waals surface area contributed by atoms with E-state index in [4.69, 9.17) is 15.7 Å². The maximum Gasteiger partial charge on any atom is 0.418 e. The third-order valence-electron chi connectivity index (χ3n) is 4.95. The molecule has 5 N–H and O–H groups in total. The van der Waals surface area contributed by atoms with Gasteiger partial charge in [0.2, 0.25) is 10.0 Å². The quantitative estimate of drug-likeness (QED) is 0.246. The summed E-state index contributed by atoms with van der Waals surface area (Å²) < 4.78 is 61.9. The second-order valence-corrected chi connectivity index (χ2v) is 9.73. The molecule has 1 aliphatic carbocycles. The number of amidine groups is 1. The average molecular weight is 411 g/mol. The number of rotatable bonds is 5. The van der Waals surface area contributed by atoms with Crippen LogP contribution in [-0.4, -0.2) is 73.1 Å². The van der Waals surface area contributed by atoms with E-state index in [9.17, 15) is 21.6 Å². The number of piperidine rings is 1. The predicted molar refractivity (Wildman–Crippen MR) is 88.8 cm³/mol. The first-order valence-corrected chi connectivity index (χ1v) is 11.0. The van der Waals surface area contributed by atoms with Gasteiger partial charge in [0.15, 0.2) is 0 Å². The van der Waals surface area contributed by atoms with E-state index < -0.39 is 43.8 Å². The Kier molecular flexibility index (Phi) is 4.89. The van der Waals surface area contributed by atoms with Gasteiger partial charge in [0.25, 0.3) is 0 Å². The van der Waals surface area contributed by atoms with Crippen molar-refractivity contribution in [3.05, 3.63) is 0 Å². The van der Waals surface area contributed by atoms with Crippen LogP contribution in [0.3, 0.4) is 0 Å². The third kappa shape index (κ3) is 3.78. The maximum absolute atomic E-state index is 12.4. The average Bonchev–Trinajstić information content (AvgIpc) is 3.05. The van der Waals surface area contributed by atoms with Gasteiger partial charge in [0.05, 0.1) is 17.3 Å². The van der Waals surface area contributed by atoms with Gasteiger partial charge in [-0.15, -0.1) is 4.28 Å². The van der Waals surface area contributed by atoms with E-state index in [1.807, 2.05) is 0 Å². The number of carbonyl (C=O) groups excluding carboxylic acids is 1. The summed E-state index contributed by atoms with van der Waals surface area (Å²) in [5.41, 5.74) is 5.74. The van der Waals surface area contributed by atoms with Crippen LogP contribution in [0.2, 0.25) is 0 Å². The Morgan fingerprint density at radius 1 is 1.23 bits per heavy atom. The summed E-state index contributed by atoms with van der Waals surface area (Å²) in [6.07, 6.45) is 1.87. The number of hydroxylamine groups is 2. The van der Waals surface area contributed by atoms with Crippen LogP contribution in [0.25, 0.3) is 0 Å². The van der Waals surface area contributed by atoms with E-state index in [0.29, 0.717) is 30.7 Å². The van der Waals surface area contributed by atoms with Gasteiger partial charge >= 0.3 is 16.4 Å². The number of nitrogens with one attached hydrogen (secondary N) is 2. The largest absolute Gasteiger partial charge is 0.418 e. The zero-order valence-corrected chi connectivity index (χ0v) is 15.4. The summed E-state index contributed by atoms with van der Waals surface area (Å²) in [7, 11) is -8.65. The van der Waals surface area contributed by atoms with Crippen molar-refractivity contribution >= 4 is 32.3 Å². The number of hydrogen-bond acceptors (Lipinski definition) is 8. The van der Waals surface area contributed by atoms with Gasteiger partial charge in [-0.25, -0.2) is 13.2 Å². The first kappa shape index (κ1) is 19.3. The summed E-state index contributed by atoms with van der Waals surface area (Å²) in [4.78, 5) is 13.5. The van der Waals surface area contributed by atoms with Crippen LogP contribution in [0.15, 0.2) is 0 Å². The predicted octanol–water partition coefficient (Wildman–Crippen LogP) is -1.23. The lowest BCUT2D eigenvalue weighted by atomic mass is 10.0. The molecule has 2 heterocycles. The summed E-state index contributed by atoms with van der Waals surface area (Å²) in [6.45, 7) is 0.0669. The number of amides is 2. The minimum atomic E-state index is -4.86. The third-order valence-corrected chi connectivity index (χ3v) is 7.11. The van der Waals surface area contributed by atoms with E-state index in [-0.39, 0.29) is 24.8 Å². The van der Waals surface area contributed by atoms with Gasteiger partial charge in [-0.1, -0.05) is 0 Å². The molecule has 4 unspecified atom stereocenters. The molecule has 0 aromatic rings. The topological polar surface area (TPSA) is 183 Å². The van der Waals surface area contributed by atoms with E-state index in [0.717, 1.165) is 4.90 Å². The summed E-state index contributed by atoms with van der Waals surface area (Å²) in [6, 6.07) is -2.48. The van der Waals surface area contributed by atoms with Crippen LogP contribution in [0.1, 0.15) is 32.1 Å². The van der Waals surface area contributed by atoms with E-state index in [1.54, 1.807) is 0 Å². The fraction of sp³-hybridized carbons (Fsp3) is 0.833. The fourth-order valence-corrected chi connectivity index (χ4v) is 5.64. The van der Waals surface area contributed by atoms with Crippen molar-refractivity contribution < 1.29 is 30.5 Å². The normalized spacial score (nSPS) is 32.2. The highest BCUT2D eigenvalue weighted by molar-refractivity contribution is 7.90. The number of fused-ring (bicyclic) bond motifs is 2. The van der Waals surface area contributed by atoms with E-state index in [2.05, 4.69) is 9.01 Å². The molecular formula is C12H21N5O7S2. The Bertz CT molecular complexity index is 814. The number of carbonyl (C=O) groups is 1. The molecular weight excluding hydrogens is 390 g/mol. The molecule has 0 aromatic carbocycles. The number of sulfonamides is 1. The van der Waals surface area contributed by atoms with Crippen LogP contribution in [0.4, 0.5) is 4.79 Å². The first-order valence-electron chi connectivity index (χ1n) is 8.10. The minimum Gasteiger partial charge on any atom is -0.328 e. The highest BCUT2D eigenvalue weighted by Gasteiger charge is 2.49. The summed E-state index contributed by atoms with van der Waals surface area (Å²) in [5, 5.41) is 7.97. The number of nitrogens with zero attached hydrogens (tertiary/aromatic N) is 2. The lowest BCUT2D eigenvalue weighted by Gasteiger charge is -2.31. The van der Waals surface area contributed by atoms with Crippen molar-refractivity contribution in [1.29, 1.82) is 5.41 Å². The number of urea groups is 1. The van der Waals surface area contributed by atoms with Gasteiger partial charge in [-0.2, -0.15) is 13.5 Å². The molecule has 2 bridgehead atoms. The van der Waals surface area contributed by atoms with Gasteiger partial charge < -0.3 is 10.6 Å². The van der Waals surface area contributed by atoms with Crippen LogP contribution in [0.5, 0.6) is 0 Å². The molecule has 3 aliphatic rings. The van der Waals surface area contributed by atoms with Crippen molar-refractivity contribution in [2.75, 3.05) is 6.54 Å². The van der Waals surface area contributed by atoms with Gasteiger partial charge in [0, 0.05) is 12.6 Å². The fourth-order valence-electron chi connectivity index (χ4n) is 3.69. The Morgan fingerprint density at radius 2 is 1.92 bits per heavy atom. The Labute approximate surface area is 151 Å². The summed E-state index contributed by atoms with van der Waals surface area (Å²) >= 11 is 0. The Morgan fingerprint density at radius 3 is 2.50 bits per heavy atom. The highest BCUT2D eigenvalue weighted by Crippen LogP contribution is 2.31. The zero-order valence-electron chi connectivity index (χ0n) is 13.7. The Hall–Kier alpha value is -1.48. The van der Waals surface area contributed by atoms with Gasteiger partial charge in [-0.3, -0.25) is 14.7 Å². The van der Waals surface area contributed by atoms with Gasteiger partial charge in [-0.05, 0) is 32.1 Å². The molecule has 0 spiro atoms. The van der Waals surface area contributed by atoms with Crippen molar-refractivity contribution in [2.24, 2.45) is 5.73 Å². The molecule has 2 aliphatic heterocycles. The molecule has 1 saturated carbocycles. The second-order valence-electron chi connectivity index (χ2n) is 6.77. The molecule has 2 amide bonds. The highest BCUT2D eigenvalue weighted by atomic mass is 32.3. The van der Waals surface area contributed by atoms with Crippen molar-refractivity contribution in [1.82, 2.24) is 14.7 Å². The molecule has 0 radical (unpaired) electrons. The Balaban J connectivity index is 1.69. The maximum atomic E-state index is 12.4. The van der Waals surface area contributed by atoms with Crippen LogP contribution >= 0.6 is 0 Å². The van der Waals surface area contributed by atoms with Crippen LogP contribution in [-0.2, 0) is 24.7 Å². The van der Waals surface area contributed by atoms with Gasteiger partial charge in [0.1, 0.15) is 5.84 Å². The molecule has 0 aromatic heterocycles. The lowest BCUT2D eigenvalue weighted by Crippen LogP contribution is -2.52. The molecule has 12 nitrogen and oxygen atoms in total. The second kappa shape index (κ2) is 6.60. The van der Waals surface area contributed by atoms with E-state index >= 15 is 0 Å². The SMILES string of the molecule is N=C(NS(=O)(=O)C1CCC(N)C1)C1CCC2CN1C(=O)N2OS(=O)(=O)O. The number of hydrogen-bond donors (Lipinski definition) is 4. The molecule has 2 saturated heterocycles. The van der Waals surface area contributed by atoms with E-state index in [1.165, 1.54) is 0 Å². The van der Waals surface area contributed by atoms with Crippen molar-refractivity contribution in [3.8, 4) is 0 Å². The van der Waals surface area contributed by atoms with Crippen molar-refractivity contribution in [3.63, 3.8) is 0 Å². The molecule has 3 fully saturated rings. The molecule has 14 heteroatoms. The molecule has 3 rings (SSSR count). The smallest absolute Gasteiger partial charge is 0.328 e. The van der Waals surface area contributed by atoms with Crippen LogP contribution in [0, 0.1) is 5.41 Å². The molecule has 4 atom stereocenters. The summed E-state index contributed by atoms with van der Waals surface area (Å²) in [5.74, 6) is -0.356.